The van der Waals surface area contributed by atoms with Crippen molar-refractivity contribution in [1.82, 2.24) is 15.4 Å². The van der Waals surface area contributed by atoms with E-state index in [2.05, 4.69) is 10.5 Å². The number of imide groups is 1. The minimum atomic E-state index is -0.971. The molecule has 0 bridgehead atoms. The van der Waals surface area contributed by atoms with Crippen molar-refractivity contribution in [1.29, 1.82) is 0 Å². The molecule has 22 heavy (non-hydrogen) atoms. The molecule has 0 unspecified atom stereocenters. The van der Waals surface area contributed by atoms with Gasteiger partial charge < -0.3 is 9.84 Å². The van der Waals surface area contributed by atoms with Gasteiger partial charge in [0.15, 0.2) is 0 Å². The molecule has 1 saturated heterocycles. The highest BCUT2D eigenvalue weighted by molar-refractivity contribution is 6.30. The van der Waals surface area contributed by atoms with E-state index >= 15 is 0 Å². The number of aromatic nitrogens is 1. The molecule has 1 aromatic heterocycles. The summed E-state index contributed by atoms with van der Waals surface area (Å²) in [6.45, 7) is 0.103. The Balaban J connectivity index is 1.71. The largest absolute Gasteiger partial charge is 0.364 e. The molecule has 112 valence electrons. The van der Waals surface area contributed by atoms with Gasteiger partial charge in [-0.1, -0.05) is 22.8 Å². The zero-order chi connectivity index (χ0) is 15.3. The standard InChI is InChI=1S/C15H12ClN3O3/c16-10-1-2-12-9(7-10)3-5-15(12)13(20)19(14(21)17-15)8-11-4-6-22-18-11/h1-2,4,6-7H,3,5,8H2,(H,17,21)/t15-/m0/s1. The first kappa shape index (κ1) is 13.3. The Labute approximate surface area is 131 Å². The third kappa shape index (κ3) is 1.77. The number of aryl methyl sites for hydroxylation is 1. The number of amides is 3. The van der Waals surface area contributed by atoms with Gasteiger partial charge in [0, 0.05) is 11.1 Å². The molecule has 1 fully saturated rings. The lowest BCUT2D eigenvalue weighted by Crippen LogP contribution is -2.41. The molecular formula is C15H12ClN3O3. The van der Waals surface area contributed by atoms with Crippen molar-refractivity contribution in [2.75, 3.05) is 0 Å². The molecule has 0 saturated carbocycles. The van der Waals surface area contributed by atoms with Crippen LogP contribution in [0.15, 0.2) is 35.1 Å². The smallest absolute Gasteiger partial charge is 0.325 e. The lowest BCUT2D eigenvalue weighted by molar-refractivity contribution is -0.132. The van der Waals surface area contributed by atoms with E-state index in [4.69, 9.17) is 16.1 Å². The highest BCUT2D eigenvalue weighted by Crippen LogP contribution is 2.42. The van der Waals surface area contributed by atoms with Gasteiger partial charge in [-0.3, -0.25) is 9.69 Å². The second-order valence-corrected chi connectivity index (χ2v) is 5.96. The monoisotopic (exact) mass is 317 g/mol. The Hall–Kier alpha value is -2.34. The summed E-state index contributed by atoms with van der Waals surface area (Å²) in [5.74, 6) is -0.249. The predicted octanol–water partition coefficient (Wildman–Crippen LogP) is 2.22. The van der Waals surface area contributed by atoms with Gasteiger partial charge in [-0.2, -0.15) is 0 Å². The van der Waals surface area contributed by atoms with Gasteiger partial charge in [0.05, 0.1) is 6.54 Å². The number of nitrogens with zero attached hydrogens (tertiary/aromatic N) is 2. The number of hydrogen-bond acceptors (Lipinski definition) is 4. The summed E-state index contributed by atoms with van der Waals surface area (Å²) in [5.41, 5.74) is 1.40. The van der Waals surface area contributed by atoms with Crippen LogP contribution in [0.4, 0.5) is 4.79 Å². The van der Waals surface area contributed by atoms with Gasteiger partial charge in [0.2, 0.25) is 0 Å². The topological polar surface area (TPSA) is 75.4 Å². The van der Waals surface area contributed by atoms with E-state index in [1.165, 1.54) is 11.2 Å². The molecule has 2 heterocycles. The van der Waals surface area contributed by atoms with Crippen LogP contribution in [0, 0.1) is 0 Å². The molecule has 1 aromatic carbocycles. The minimum Gasteiger partial charge on any atom is -0.364 e. The fraction of sp³-hybridized carbons (Fsp3) is 0.267. The zero-order valence-electron chi connectivity index (χ0n) is 11.5. The number of halogens is 1. The zero-order valence-corrected chi connectivity index (χ0v) is 12.3. The van der Waals surface area contributed by atoms with Gasteiger partial charge in [-0.15, -0.1) is 0 Å². The SMILES string of the molecule is O=C1N[C@]2(CCc3cc(Cl)ccc32)C(=O)N1Cc1ccon1. The summed E-state index contributed by atoms with van der Waals surface area (Å²) in [6, 6.07) is 6.64. The molecular weight excluding hydrogens is 306 g/mol. The van der Waals surface area contributed by atoms with Crippen LogP contribution in [0.1, 0.15) is 23.2 Å². The molecule has 1 atom stereocenters. The van der Waals surface area contributed by atoms with E-state index in [9.17, 15) is 9.59 Å². The van der Waals surface area contributed by atoms with Crippen LogP contribution in [-0.4, -0.2) is 22.0 Å². The average Bonchev–Trinajstić information content (AvgIpc) is 3.17. The normalized spacial score (nSPS) is 23.2. The maximum absolute atomic E-state index is 12.9. The maximum Gasteiger partial charge on any atom is 0.325 e. The van der Waals surface area contributed by atoms with Crippen LogP contribution in [0.25, 0.3) is 0 Å². The highest BCUT2D eigenvalue weighted by Gasteiger charge is 2.55. The number of benzene rings is 1. The predicted molar refractivity (Wildman–Crippen MR) is 77.0 cm³/mol. The highest BCUT2D eigenvalue weighted by atomic mass is 35.5. The molecule has 4 rings (SSSR count). The molecule has 1 N–H and O–H groups in total. The number of nitrogens with one attached hydrogen (secondary N) is 1. The van der Waals surface area contributed by atoms with Crippen LogP contribution < -0.4 is 5.32 Å². The van der Waals surface area contributed by atoms with Crippen LogP contribution in [0.5, 0.6) is 0 Å². The molecule has 1 aliphatic heterocycles. The Bertz CT molecular complexity index is 774. The number of hydrogen-bond donors (Lipinski definition) is 1. The van der Waals surface area contributed by atoms with Gasteiger partial charge in [0.25, 0.3) is 5.91 Å². The number of rotatable bonds is 2. The van der Waals surface area contributed by atoms with Crippen molar-refractivity contribution in [2.24, 2.45) is 0 Å². The molecule has 7 heteroatoms. The fourth-order valence-electron chi connectivity index (χ4n) is 3.25. The first-order valence-corrected chi connectivity index (χ1v) is 7.30. The van der Waals surface area contributed by atoms with E-state index < -0.39 is 11.6 Å². The summed E-state index contributed by atoms with van der Waals surface area (Å²) in [6.07, 6.45) is 2.67. The van der Waals surface area contributed by atoms with E-state index in [1.54, 1.807) is 12.1 Å². The van der Waals surface area contributed by atoms with E-state index in [1.807, 2.05) is 12.1 Å². The summed E-state index contributed by atoms with van der Waals surface area (Å²) in [5, 5.41) is 7.24. The van der Waals surface area contributed by atoms with Gasteiger partial charge in [-0.05, 0) is 36.1 Å². The van der Waals surface area contributed by atoms with E-state index in [-0.39, 0.29) is 12.5 Å². The van der Waals surface area contributed by atoms with Crippen LogP contribution >= 0.6 is 11.6 Å². The quantitative estimate of drug-likeness (QED) is 0.862. The van der Waals surface area contributed by atoms with Crippen molar-refractivity contribution in [3.8, 4) is 0 Å². The first-order chi connectivity index (χ1) is 10.6. The van der Waals surface area contributed by atoms with Crippen molar-refractivity contribution in [2.45, 2.75) is 24.9 Å². The van der Waals surface area contributed by atoms with Gasteiger partial charge >= 0.3 is 6.03 Å². The molecule has 1 aliphatic carbocycles. The summed E-state index contributed by atoms with van der Waals surface area (Å²) in [7, 11) is 0. The lowest BCUT2D eigenvalue weighted by Gasteiger charge is -2.22. The third-order valence-electron chi connectivity index (χ3n) is 4.28. The fourth-order valence-corrected chi connectivity index (χ4v) is 3.44. The Morgan fingerprint density at radius 3 is 3.00 bits per heavy atom. The molecule has 6 nitrogen and oxygen atoms in total. The second kappa shape index (κ2) is 4.58. The van der Waals surface area contributed by atoms with E-state index in [0.29, 0.717) is 23.6 Å². The Morgan fingerprint density at radius 1 is 1.36 bits per heavy atom. The van der Waals surface area contributed by atoms with Crippen molar-refractivity contribution < 1.29 is 14.1 Å². The molecule has 3 amide bonds. The molecule has 0 radical (unpaired) electrons. The van der Waals surface area contributed by atoms with Crippen LogP contribution in [0.3, 0.4) is 0 Å². The van der Waals surface area contributed by atoms with Gasteiger partial charge in [0.1, 0.15) is 17.5 Å². The Morgan fingerprint density at radius 2 is 2.23 bits per heavy atom. The van der Waals surface area contributed by atoms with Gasteiger partial charge in [-0.25, -0.2) is 4.79 Å². The molecule has 2 aliphatic rings. The average molecular weight is 318 g/mol. The van der Waals surface area contributed by atoms with Crippen LogP contribution in [-0.2, 0) is 23.3 Å². The summed E-state index contributed by atoms with van der Waals surface area (Å²) in [4.78, 5) is 26.3. The van der Waals surface area contributed by atoms with Crippen molar-refractivity contribution in [3.05, 3.63) is 52.4 Å². The van der Waals surface area contributed by atoms with Crippen LogP contribution in [0.2, 0.25) is 5.02 Å². The first-order valence-electron chi connectivity index (χ1n) is 6.92. The van der Waals surface area contributed by atoms with Crippen molar-refractivity contribution in [3.63, 3.8) is 0 Å². The number of fused-ring (bicyclic) bond motifs is 2. The second-order valence-electron chi connectivity index (χ2n) is 5.52. The van der Waals surface area contributed by atoms with E-state index in [0.717, 1.165) is 11.1 Å². The minimum absolute atomic E-state index is 0.103. The third-order valence-corrected chi connectivity index (χ3v) is 4.52. The summed E-state index contributed by atoms with van der Waals surface area (Å²) < 4.78 is 4.75. The molecule has 2 aromatic rings. The molecule has 1 spiro atoms. The summed E-state index contributed by atoms with van der Waals surface area (Å²) >= 11 is 6.01. The number of carbonyl (C=O) groups is 2. The maximum atomic E-state index is 12.9. The lowest BCUT2D eigenvalue weighted by atomic mass is 9.92. The number of urea groups is 1. The van der Waals surface area contributed by atoms with Crippen molar-refractivity contribution >= 4 is 23.5 Å². The Kier molecular flexibility index (Phi) is 2.77. The number of carbonyl (C=O) groups excluding carboxylic acids is 2.